The summed E-state index contributed by atoms with van der Waals surface area (Å²) in [6.07, 6.45) is 5.20. The molecule has 1 aromatic heterocycles. The second-order valence-corrected chi connectivity index (χ2v) is 5.48. The van der Waals surface area contributed by atoms with Gasteiger partial charge in [-0.3, -0.25) is 4.98 Å². The van der Waals surface area contributed by atoms with Gasteiger partial charge in [-0.1, -0.05) is 31.2 Å². The van der Waals surface area contributed by atoms with Crippen molar-refractivity contribution < 1.29 is 4.74 Å². The molecule has 0 saturated heterocycles. The van der Waals surface area contributed by atoms with E-state index in [0.29, 0.717) is 0 Å². The maximum Gasteiger partial charge on any atom is 0.0876 e. The number of hydrogen-bond donors (Lipinski definition) is 1. The fourth-order valence-corrected chi connectivity index (χ4v) is 2.75. The van der Waals surface area contributed by atoms with E-state index in [4.69, 9.17) is 9.72 Å². The molecule has 1 aliphatic heterocycles. The third-order valence-corrected chi connectivity index (χ3v) is 3.85. The molecule has 1 aliphatic rings. The average molecular weight is 282 g/mol. The summed E-state index contributed by atoms with van der Waals surface area (Å²) in [5.74, 6) is 0. The first-order chi connectivity index (χ1) is 10.4. The number of ether oxygens (including phenoxy) is 1. The van der Waals surface area contributed by atoms with Gasteiger partial charge >= 0.3 is 0 Å². The Morgan fingerprint density at radius 1 is 1.24 bits per heavy atom. The van der Waals surface area contributed by atoms with Crippen molar-refractivity contribution in [3.8, 4) is 0 Å². The van der Waals surface area contributed by atoms with E-state index in [1.165, 1.54) is 11.0 Å². The molecular formula is C18H22N2O. The zero-order valence-electron chi connectivity index (χ0n) is 12.5. The van der Waals surface area contributed by atoms with Gasteiger partial charge < -0.3 is 10.1 Å². The number of pyridine rings is 1. The van der Waals surface area contributed by atoms with E-state index < -0.39 is 0 Å². The van der Waals surface area contributed by atoms with Crippen molar-refractivity contribution >= 4 is 10.9 Å². The molecular weight excluding hydrogens is 260 g/mol. The second kappa shape index (κ2) is 6.72. The molecule has 3 rings (SSSR count). The molecule has 0 amide bonds. The third-order valence-electron chi connectivity index (χ3n) is 3.85. The van der Waals surface area contributed by atoms with Gasteiger partial charge in [0.25, 0.3) is 0 Å². The van der Waals surface area contributed by atoms with Crippen molar-refractivity contribution in [2.24, 2.45) is 0 Å². The number of rotatable bonds is 5. The zero-order chi connectivity index (χ0) is 14.5. The van der Waals surface area contributed by atoms with Crippen molar-refractivity contribution in [2.75, 3.05) is 13.2 Å². The number of nitrogens with zero attached hydrogens (tertiary/aromatic N) is 1. The van der Waals surface area contributed by atoms with Crippen LogP contribution in [-0.4, -0.2) is 18.1 Å². The smallest absolute Gasteiger partial charge is 0.0876 e. The van der Waals surface area contributed by atoms with Crippen LogP contribution in [0.5, 0.6) is 0 Å². The van der Waals surface area contributed by atoms with E-state index >= 15 is 0 Å². The van der Waals surface area contributed by atoms with Crippen molar-refractivity contribution in [2.45, 2.75) is 32.2 Å². The summed E-state index contributed by atoms with van der Waals surface area (Å²) >= 11 is 0. The fourth-order valence-electron chi connectivity index (χ4n) is 2.75. The Balaban J connectivity index is 1.94. The highest BCUT2D eigenvalue weighted by Gasteiger charge is 2.19. The maximum absolute atomic E-state index is 5.52. The summed E-state index contributed by atoms with van der Waals surface area (Å²) in [4.78, 5) is 4.84. The number of fused-ring (bicyclic) bond motifs is 1. The summed E-state index contributed by atoms with van der Waals surface area (Å²) in [6.45, 7) is 4.00. The van der Waals surface area contributed by atoms with Gasteiger partial charge in [0.2, 0.25) is 0 Å². The van der Waals surface area contributed by atoms with E-state index in [-0.39, 0.29) is 6.04 Å². The minimum Gasteiger partial charge on any atom is -0.501 e. The van der Waals surface area contributed by atoms with Crippen molar-refractivity contribution in [3.05, 3.63) is 53.9 Å². The van der Waals surface area contributed by atoms with Gasteiger partial charge in [-0.25, -0.2) is 0 Å². The van der Waals surface area contributed by atoms with Gasteiger partial charge in [0.1, 0.15) is 0 Å². The van der Waals surface area contributed by atoms with Gasteiger partial charge in [0.15, 0.2) is 0 Å². The Morgan fingerprint density at radius 2 is 2.14 bits per heavy atom. The van der Waals surface area contributed by atoms with E-state index in [9.17, 15) is 0 Å². The molecule has 2 aromatic rings. The number of benzene rings is 1. The van der Waals surface area contributed by atoms with Crippen LogP contribution < -0.4 is 5.32 Å². The Hall–Kier alpha value is -1.87. The minimum absolute atomic E-state index is 0.162. The fraction of sp³-hybridized carbons (Fsp3) is 0.389. The molecule has 0 bridgehead atoms. The highest BCUT2D eigenvalue weighted by atomic mass is 16.5. The zero-order valence-corrected chi connectivity index (χ0v) is 12.5. The molecule has 1 N–H and O–H groups in total. The largest absolute Gasteiger partial charge is 0.501 e. The summed E-state index contributed by atoms with van der Waals surface area (Å²) in [5.41, 5.74) is 3.44. The van der Waals surface area contributed by atoms with E-state index in [0.717, 1.165) is 43.6 Å². The van der Waals surface area contributed by atoms with Gasteiger partial charge in [0.05, 0.1) is 30.1 Å². The summed E-state index contributed by atoms with van der Waals surface area (Å²) < 4.78 is 5.52. The number of aromatic nitrogens is 1. The molecule has 0 radical (unpaired) electrons. The first kappa shape index (κ1) is 14.1. The van der Waals surface area contributed by atoms with Crippen LogP contribution >= 0.6 is 0 Å². The van der Waals surface area contributed by atoms with Crippen LogP contribution in [0.25, 0.3) is 10.9 Å². The highest BCUT2D eigenvalue weighted by Crippen LogP contribution is 2.27. The first-order valence-corrected chi connectivity index (χ1v) is 7.78. The van der Waals surface area contributed by atoms with Gasteiger partial charge in [-0.15, -0.1) is 0 Å². The summed E-state index contributed by atoms with van der Waals surface area (Å²) in [6, 6.07) is 12.7. The monoisotopic (exact) mass is 282 g/mol. The third kappa shape index (κ3) is 3.24. The lowest BCUT2D eigenvalue weighted by Crippen LogP contribution is -2.26. The Morgan fingerprint density at radius 3 is 2.95 bits per heavy atom. The highest BCUT2D eigenvalue weighted by molar-refractivity contribution is 5.78. The summed E-state index contributed by atoms with van der Waals surface area (Å²) in [7, 11) is 0. The molecule has 0 spiro atoms. The first-order valence-electron chi connectivity index (χ1n) is 7.78. The lowest BCUT2D eigenvalue weighted by Gasteiger charge is -2.24. The number of para-hydroxylation sites is 1. The van der Waals surface area contributed by atoms with Crippen molar-refractivity contribution in [1.29, 1.82) is 0 Å². The second-order valence-electron chi connectivity index (χ2n) is 5.48. The number of hydrogen-bond acceptors (Lipinski definition) is 3. The molecule has 0 aliphatic carbocycles. The average Bonchev–Trinajstić information content (AvgIpc) is 2.56. The van der Waals surface area contributed by atoms with E-state index in [1.807, 2.05) is 18.4 Å². The standard InChI is InChI=1S/C18H22N2O/c1-2-11-19-18(15-7-5-12-21-13-15)17-10-9-14-6-3-4-8-16(14)20-17/h3-4,6,8-10,13,18-19H,2,5,7,11-12H2,1H3. The van der Waals surface area contributed by atoms with Crippen LogP contribution in [0.4, 0.5) is 0 Å². The Kier molecular flexibility index (Phi) is 4.51. The predicted molar refractivity (Wildman–Crippen MR) is 86.0 cm³/mol. The van der Waals surface area contributed by atoms with E-state index in [1.54, 1.807) is 0 Å². The van der Waals surface area contributed by atoms with Crippen LogP contribution in [0.3, 0.4) is 0 Å². The van der Waals surface area contributed by atoms with Crippen LogP contribution in [0.1, 0.15) is 37.9 Å². The van der Waals surface area contributed by atoms with Crippen LogP contribution in [0, 0.1) is 0 Å². The molecule has 1 aromatic carbocycles. The van der Waals surface area contributed by atoms with Crippen LogP contribution in [0.15, 0.2) is 48.2 Å². The molecule has 3 nitrogen and oxygen atoms in total. The molecule has 21 heavy (non-hydrogen) atoms. The molecule has 1 atom stereocenters. The van der Waals surface area contributed by atoms with Gasteiger partial charge in [0, 0.05) is 5.39 Å². The van der Waals surface area contributed by atoms with Crippen LogP contribution in [-0.2, 0) is 4.74 Å². The molecule has 2 heterocycles. The topological polar surface area (TPSA) is 34.1 Å². The molecule has 110 valence electrons. The minimum atomic E-state index is 0.162. The summed E-state index contributed by atoms with van der Waals surface area (Å²) in [5, 5.41) is 4.79. The molecule has 3 heteroatoms. The Bertz CT molecular complexity index is 636. The maximum atomic E-state index is 5.52. The molecule has 0 saturated carbocycles. The van der Waals surface area contributed by atoms with Gasteiger partial charge in [-0.2, -0.15) is 0 Å². The lowest BCUT2D eigenvalue weighted by atomic mass is 9.98. The van der Waals surface area contributed by atoms with E-state index in [2.05, 4.69) is 36.5 Å². The van der Waals surface area contributed by atoms with Gasteiger partial charge in [-0.05, 0) is 43.5 Å². The quantitative estimate of drug-likeness (QED) is 0.901. The molecule has 0 fully saturated rings. The SMILES string of the molecule is CCCNC(C1=COCCC1)c1ccc2ccccc2n1. The number of nitrogens with one attached hydrogen (secondary N) is 1. The predicted octanol–water partition coefficient (Wildman–Crippen LogP) is 3.97. The lowest BCUT2D eigenvalue weighted by molar-refractivity contribution is 0.219. The Labute approximate surface area is 126 Å². The normalized spacial score (nSPS) is 16.3. The van der Waals surface area contributed by atoms with Crippen LogP contribution in [0.2, 0.25) is 0 Å². The molecule has 1 unspecified atom stereocenters. The van der Waals surface area contributed by atoms with Crippen molar-refractivity contribution in [3.63, 3.8) is 0 Å². The van der Waals surface area contributed by atoms with Crippen molar-refractivity contribution in [1.82, 2.24) is 10.3 Å².